The zero-order valence-electron chi connectivity index (χ0n) is 19.7. The highest BCUT2D eigenvalue weighted by atomic mass is 16.2. The first-order valence-electron chi connectivity index (χ1n) is 12.4. The Morgan fingerprint density at radius 2 is 1.52 bits per heavy atom. The molecule has 1 amide bonds. The number of hydrogen-bond donors (Lipinski definition) is 0. The number of hydrogen-bond acceptors (Lipinski definition) is 2. The summed E-state index contributed by atoms with van der Waals surface area (Å²) in [4.78, 5) is 17.7. The molecule has 3 aromatic carbocycles. The van der Waals surface area contributed by atoms with Crippen molar-refractivity contribution in [2.45, 2.75) is 52.1 Å². The summed E-state index contributed by atoms with van der Waals surface area (Å²) in [6, 6.07) is 23.8. The van der Waals surface area contributed by atoms with Gasteiger partial charge in [0.05, 0.1) is 0 Å². The summed E-state index contributed by atoms with van der Waals surface area (Å²) >= 11 is 0. The van der Waals surface area contributed by atoms with Crippen molar-refractivity contribution in [3.05, 3.63) is 106 Å². The van der Waals surface area contributed by atoms with Gasteiger partial charge < -0.3 is 9.80 Å². The molecule has 0 unspecified atom stereocenters. The Bertz CT molecular complexity index is 1100. The lowest BCUT2D eigenvalue weighted by atomic mass is 9.98. The van der Waals surface area contributed by atoms with Gasteiger partial charge in [0.1, 0.15) is 0 Å². The maximum atomic E-state index is 13.1. The zero-order valence-corrected chi connectivity index (χ0v) is 19.7. The van der Waals surface area contributed by atoms with E-state index >= 15 is 0 Å². The average Bonchev–Trinajstić information content (AvgIpc) is 3.44. The van der Waals surface area contributed by atoms with E-state index in [0.717, 1.165) is 30.5 Å². The smallest absolute Gasteiger partial charge is 0.255 e. The lowest BCUT2D eigenvalue weighted by molar-refractivity contribution is 0.0766. The molecule has 2 heterocycles. The number of nitrogens with zero attached hydrogens (tertiary/aromatic N) is 2. The van der Waals surface area contributed by atoms with Crippen LogP contribution in [-0.4, -0.2) is 35.3 Å². The van der Waals surface area contributed by atoms with Crippen LogP contribution in [0.1, 0.15) is 63.0 Å². The molecular weight excluding hydrogens is 404 g/mol. The van der Waals surface area contributed by atoms with Crippen LogP contribution in [0.25, 0.3) is 0 Å². The first-order chi connectivity index (χ1) is 16.2. The topological polar surface area (TPSA) is 23.6 Å². The molecule has 2 aliphatic rings. The number of benzene rings is 3. The molecule has 0 atom stereocenters. The fourth-order valence-electron chi connectivity index (χ4n) is 5.41. The minimum Gasteiger partial charge on any atom is -0.330 e. The fraction of sp³-hybridized carbons (Fsp3) is 0.367. The molecule has 3 aromatic rings. The highest BCUT2D eigenvalue weighted by Crippen LogP contribution is 2.29. The normalized spacial score (nSPS) is 15.9. The molecule has 0 saturated carbocycles. The van der Waals surface area contributed by atoms with Crippen molar-refractivity contribution in [1.29, 1.82) is 0 Å². The summed E-state index contributed by atoms with van der Waals surface area (Å²) in [7, 11) is 0. The number of amides is 1. The zero-order chi connectivity index (χ0) is 22.6. The number of likely N-dealkylation sites (tertiary alicyclic amines) is 1. The first-order valence-corrected chi connectivity index (χ1v) is 12.4. The van der Waals surface area contributed by atoms with Crippen LogP contribution in [0.4, 0.5) is 0 Å². The SMILES string of the molecule is Cc1cc(CCCN2CCCC2)cc2c1C(=O)N(Cc1ccc(Cc3ccccc3)cc1)C2. The van der Waals surface area contributed by atoms with Gasteiger partial charge in [-0.3, -0.25) is 4.79 Å². The second kappa shape index (κ2) is 9.93. The molecule has 0 radical (unpaired) electrons. The molecule has 1 saturated heterocycles. The predicted molar refractivity (Wildman–Crippen MR) is 134 cm³/mol. The standard InChI is InChI=1S/C30H34N2O/c1-23-18-27(10-7-17-31-15-5-6-16-31)20-28-22-32(30(33)29(23)28)21-26-13-11-25(12-14-26)19-24-8-3-2-4-9-24/h2-4,8-9,11-14,18,20H,5-7,10,15-17,19,21-22H2,1H3. The molecule has 5 rings (SSSR count). The minimum absolute atomic E-state index is 0.180. The third-order valence-electron chi connectivity index (χ3n) is 7.13. The maximum absolute atomic E-state index is 13.1. The molecule has 0 spiro atoms. The Morgan fingerprint density at radius 3 is 2.27 bits per heavy atom. The quantitative estimate of drug-likeness (QED) is 0.446. The van der Waals surface area contributed by atoms with Gasteiger partial charge in [0.15, 0.2) is 0 Å². The van der Waals surface area contributed by atoms with Gasteiger partial charge >= 0.3 is 0 Å². The lowest BCUT2D eigenvalue weighted by Gasteiger charge is -2.16. The molecule has 0 N–H and O–H groups in total. The molecule has 2 aliphatic heterocycles. The molecule has 3 nitrogen and oxygen atoms in total. The molecule has 33 heavy (non-hydrogen) atoms. The van der Waals surface area contributed by atoms with Crippen molar-refractivity contribution >= 4 is 5.91 Å². The predicted octanol–water partition coefficient (Wildman–Crippen LogP) is 5.77. The summed E-state index contributed by atoms with van der Waals surface area (Å²) in [5.74, 6) is 0.180. The van der Waals surface area contributed by atoms with Gasteiger partial charge in [0.2, 0.25) is 0 Å². The van der Waals surface area contributed by atoms with Crippen LogP contribution in [-0.2, 0) is 25.9 Å². The maximum Gasteiger partial charge on any atom is 0.255 e. The molecule has 170 valence electrons. The van der Waals surface area contributed by atoms with E-state index in [1.807, 2.05) is 4.90 Å². The van der Waals surface area contributed by atoms with Crippen molar-refractivity contribution in [1.82, 2.24) is 9.80 Å². The lowest BCUT2D eigenvalue weighted by Crippen LogP contribution is -2.23. The summed E-state index contributed by atoms with van der Waals surface area (Å²) in [5, 5.41) is 0. The van der Waals surface area contributed by atoms with Crippen molar-refractivity contribution in [3.63, 3.8) is 0 Å². The van der Waals surface area contributed by atoms with E-state index in [0.29, 0.717) is 6.54 Å². The fourth-order valence-corrected chi connectivity index (χ4v) is 5.41. The van der Waals surface area contributed by atoms with Gasteiger partial charge in [-0.25, -0.2) is 0 Å². The van der Waals surface area contributed by atoms with Crippen molar-refractivity contribution < 1.29 is 4.79 Å². The number of fused-ring (bicyclic) bond motifs is 1. The summed E-state index contributed by atoms with van der Waals surface area (Å²) in [6.07, 6.45) is 5.94. The van der Waals surface area contributed by atoms with Crippen LogP contribution < -0.4 is 0 Å². The van der Waals surface area contributed by atoms with Crippen LogP contribution in [0.3, 0.4) is 0 Å². The van der Waals surface area contributed by atoms with Crippen LogP contribution in [0.15, 0.2) is 66.7 Å². The third kappa shape index (κ3) is 5.20. The highest BCUT2D eigenvalue weighted by Gasteiger charge is 2.29. The van der Waals surface area contributed by atoms with Crippen molar-refractivity contribution in [2.75, 3.05) is 19.6 Å². The number of carbonyl (C=O) groups excluding carboxylic acids is 1. The second-order valence-electron chi connectivity index (χ2n) is 9.74. The second-order valence-corrected chi connectivity index (χ2v) is 9.74. The van der Waals surface area contributed by atoms with Crippen LogP contribution in [0, 0.1) is 6.92 Å². The van der Waals surface area contributed by atoms with E-state index in [4.69, 9.17) is 0 Å². The Hall–Kier alpha value is -2.91. The van der Waals surface area contributed by atoms with Crippen molar-refractivity contribution in [3.8, 4) is 0 Å². The van der Waals surface area contributed by atoms with Gasteiger partial charge in [0.25, 0.3) is 5.91 Å². The van der Waals surface area contributed by atoms with E-state index in [9.17, 15) is 4.79 Å². The Balaban J connectivity index is 1.20. The van der Waals surface area contributed by atoms with Gasteiger partial charge in [-0.15, -0.1) is 0 Å². The third-order valence-corrected chi connectivity index (χ3v) is 7.13. The summed E-state index contributed by atoms with van der Waals surface area (Å²) in [5.41, 5.74) is 8.46. The molecule has 0 bridgehead atoms. The first kappa shape index (κ1) is 21.9. The van der Waals surface area contributed by atoms with Crippen LogP contribution >= 0.6 is 0 Å². The van der Waals surface area contributed by atoms with Crippen molar-refractivity contribution in [2.24, 2.45) is 0 Å². The number of aryl methyl sites for hydroxylation is 2. The number of rotatable bonds is 8. The molecular formula is C30H34N2O. The largest absolute Gasteiger partial charge is 0.330 e. The minimum atomic E-state index is 0.180. The van der Waals surface area contributed by atoms with Crippen LogP contribution in [0.2, 0.25) is 0 Å². The van der Waals surface area contributed by atoms with E-state index in [-0.39, 0.29) is 5.91 Å². The van der Waals surface area contributed by atoms with Gasteiger partial charge in [-0.2, -0.15) is 0 Å². The number of carbonyl (C=O) groups is 1. The van der Waals surface area contributed by atoms with Gasteiger partial charge in [0, 0.05) is 18.7 Å². The Labute approximate surface area is 198 Å². The van der Waals surface area contributed by atoms with E-state index in [1.165, 1.54) is 66.7 Å². The highest BCUT2D eigenvalue weighted by molar-refractivity contribution is 5.99. The van der Waals surface area contributed by atoms with Gasteiger partial charge in [-0.05, 0) is 92.0 Å². The Morgan fingerprint density at radius 1 is 0.818 bits per heavy atom. The average molecular weight is 439 g/mol. The molecule has 0 aliphatic carbocycles. The van der Waals surface area contributed by atoms with Crippen LogP contribution in [0.5, 0.6) is 0 Å². The van der Waals surface area contributed by atoms with E-state index < -0.39 is 0 Å². The van der Waals surface area contributed by atoms with Gasteiger partial charge in [-0.1, -0.05) is 66.7 Å². The molecule has 0 aromatic heterocycles. The summed E-state index contributed by atoms with van der Waals surface area (Å²) < 4.78 is 0. The molecule has 3 heteroatoms. The van der Waals surface area contributed by atoms with E-state index in [2.05, 4.69) is 78.6 Å². The summed E-state index contributed by atoms with van der Waals surface area (Å²) in [6.45, 7) is 7.22. The Kier molecular flexibility index (Phi) is 6.59. The van der Waals surface area contributed by atoms with E-state index in [1.54, 1.807) is 0 Å². The monoisotopic (exact) mass is 438 g/mol. The molecule has 1 fully saturated rings.